The van der Waals surface area contributed by atoms with E-state index in [0.717, 1.165) is 47.5 Å². The Morgan fingerprint density at radius 2 is 1.93 bits per heavy atom. The third-order valence-electron chi connectivity index (χ3n) is 9.68. The molecule has 0 aromatic rings. The van der Waals surface area contributed by atoms with Crippen LogP contribution in [0.15, 0.2) is 12.2 Å². The first-order valence-corrected chi connectivity index (χ1v) is 12.4. The molecule has 2 nitrogen and oxygen atoms in total. The maximum Gasteiger partial charge on any atom is 0.139 e. The van der Waals surface area contributed by atoms with Gasteiger partial charge in [-0.15, -0.1) is 0 Å². The van der Waals surface area contributed by atoms with Crippen LogP contribution in [0.25, 0.3) is 0 Å². The lowest BCUT2D eigenvalue weighted by Crippen LogP contribution is -2.54. The van der Waals surface area contributed by atoms with Crippen molar-refractivity contribution in [2.24, 2.45) is 34.5 Å². The predicted molar refractivity (Wildman–Crippen MR) is 114 cm³/mol. The molecule has 0 amide bonds. The highest BCUT2D eigenvalue weighted by Crippen LogP contribution is 2.66. The molecule has 0 aromatic carbocycles. The number of Topliss-reactive ketones (excluding diaryl/α,β-unsaturated/α-hetero) is 1. The monoisotopic (exact) mass is 387 g/mol. The van der Waals surface area contributed by atoms with Crippen LogP contribution in [0.3, 0.4) is 0 Å². The normalized spacial score (nSPS) is 52.4. The fourth-order valence-corrected chi connectivity index (χ4v) is 9.69. The van der Waals surface area contributed by atoms with Crippen LogP contribution < -0.4 is 5.32 Å². The Bertz CT molecular complexity index is 640. The van der Waals surface area contributed by atoms with E-state index in [-0.39, 0.29) is 5.41 Å². The van der Waals surface area contributed by atoms with Crippen molar-refractivity contribution in [2.75, 3.05) is 13.1 Å². The van der Waals surface area contributed by atoms with Gasteiger partial charge in [0.05, 0.1) is 0 Å². The summed E-state index contributed by atoms with van der Waals surface area (Å²) in [6.45, 7) is 12.0. The van der Waals surface area contributed by atoms with Crippen LogP contribution >= 0.6 is 11.8 Å². The Hall–Kier alpha value is -0.280. The number of carbonyl (C=O) groups excluding carboxylic acids is 1. The van der Waals surface area contributed by atoms with Crippen LogP contribution in [0.5, 0.6) is 0 Å². The van der Waals surface area contributed by atoms with Crippen LogP contribution in [0, 0.1) is 34.5 Å². The molecule has 0 aromatic heterocycles. The minimum Gasteiger partial charge on any atom is -0.316 e. The fraction of sp³-hybridized carbons (Fsp3) is 0.875. The lowest BCUT2D eigenvalue weighted by atomic mass is 9.44. The number of allylic oxidation sites excluding steroid dienone is 1. The van der Waals surface area contributed by atoms with Crippen molar-refractivity contribution in [2.45, 2.75) is 82.1 Å². The smallest absolute Gasteiger partial charge is 0.139 e. The Morgan fingerprint density at radius 1 is 1.07 bits per heavy atom. The summed E-state index contributed by atoms with van der Waals surface area (Å²) in [4.78, 5) is 12.6. The third kappa shape index (κ3) is 2.81. The molecule has 8 atom stereocenters. The minimum atomic E-state index is -0.00678. The van der Waals surface area contributed by atoms with Crippen LogP contribution in [-0.2, 0) is 4.79 Å². The molecular weight excluding hydrogens is 350 g/mol. The molecule has 0 radical (unpaired) electrons. The van der Waals surface area contributed by atoms with E-state index in [9.17, 15) is 4.79 Å². The maximum atomic E-state index is 12.6. The standard InChI is InChI=1S/C24H37NOS/c1-15-12-18-19-4-5-22(26)24(19,3)10-7-20(18)23(2)9-6-16(13-21(15)23)27-17-8-11-25-14-17/h16-21,25H,1,4-14H2,2-3H3/t16?,17?,18-,19-,20+,21?,23+,24-/m0/s1. The molecule has 0 bridgehead atoms. The van der Waals surface area contributed by atoms with Crippen molar-refractivity contribution in [3.63, 3.8) is 0 Å². The highest BCUT2D eigenvalue weighted by molar-refractivity contribution is 8.00. The molecule has 1 saturated heterocycles. The Morgan fingerprint density at radius 3 is 2.70 bits per heavy atom. The SMILES string of the molecule is C=C1C[C@@H]2[C@@H](CC[C@]3(C)C(=O)CC[C@@H]23)[C@@]2(C)CCC(SC3CCNC3)CC12. The van der Waals surface area contributed by atoms with Gasteiger partial charge in [0.15, 0.2) is 0 Å². The van der Waals surface area contributed by atoms with Crippen molar-refractivity contribution in [3.8, 4) is 0 Å². The van der Waals surface area contributed by atoms with Gasteiger partial charge in [0.25, 0.3) is 0 Å². The summed E-state index contributed by atoms with van der Waals surface area (Å²) >= 11 is 2.28. The summed E-state index contributed by atoms with van der Waals surface area (Å²) in [5.41, 5.74) is 1.97. The molecule has 1 heterocycles. The van der Waals surface area contributed by atoms with Crippen LogP contribution in [0.2, 0.25) is 0 Å². The second-order valence-electron chi connectivity index (χ2n) is 10.9. The van der Waals surface area contributed by atoms with Crippen LogP contribution in [-0.4, -0.2) is 29.4 Å². The zero-order valence-corrected chi connectivity index (χ0v) is 18.1. The molecule has 5 rings (SSSR count). The number of nitrogens with one attached hydrogen (secondary N) is 1. The molecule has 0 spiro atoms. The Labute approximate surface area is 169 Å². The van der Waals surface area contributed by atoms with Gasteiger partial charge < -0.3 is 5.32 Å². The first-order valence-electron chi connectivity index (χ1n) is 11.5. The molecule has 1 aliphatic heterocycles. The van der Waals surface area contributed by atoms with E-state index < -0.39 is 0 Å². The van der Waals surface area contributed by atoms with Gasteiger partial charge in [-0.05, 0) is 87.0 Å². The first kappa shape index (κ1) is 18.7. The first-order chi connectivity index (χ1) is 12.9. The Kier molecular flexibility index (Phi) is 4.59. The topological polar surface area (TPSA) is 29.1 Å². The van der Waals surface area contributed by atoms with Crippen molar-refractivity contribution < 1.29 is 4.79 Å². The summed E-state index contributed by atoms with van der Waals surface area (Å²) < 4.78 is 0. The maximum absolute atomic E-state index is 12.6. The van der Waals surface area contributed by atoms with Crippen molar-refractivity contribution in [1.82, 2.24) is 5.32 Å². The number of fused-ring (bicyclic) bond motifs is 5. The molecule has 3 heteroatoms. The van der Waals surface area contributed by atoms with Gasteiger partial charge in [-0.3, -0.25) is 4.79 Å². The number of hydrogen-bond donors (Lipinski definition) is 1. The quantitative estimate of drug-likeness (QED) is 0.658. The fourth-order valence-electron chi connectivity index (χ4n) is 8.12. The summed E-state index contributed by atoms with van der Waals surface area (Å²) in [5.74, 6) is 3.48. The molecule has 150 valence electrons. The lowest BCUT2D eigenvalue weighted by Gasteiger charge is -2.61. The second-order valence-corrected chi connectivity index (χ2v) is 12.5. The molecule has 3 unspecified atom stereocenters. The molecule has 27 heavy (non-hydrogen) atoms. The van der Waals surface area contributed by atoms with Gasteiger partial charge in [0.1, 0.15) is 5.78 Å². The summed E-state index contributed by atoms with van der Waals surface area (Å²) in [5, 5.41) is 5.21. The number of hydrogen-bond acceptors (Lipinski definition) is 3. The average molecular weight is 388 g/mol. The van der Waals surface area contributed by atoms with Crippen molar-refractivity contribution >= 4 is 17.5 Å². The zero-order valence-electron chi connectivity index (χ0n) is 17.3. The zero-order chi connectivity index (χ0) is 18.8. The predicted octanol–water partition coefficient (Wildman–Crippen LogP) is 5.23. The Balaban J connectivity index is 1.35. The molecule has 1 N–H and O–H groups in total. The van der Waals surface area contributed by atoms with E-state index in [0.29, 0.717) is 17.1 Å². The van der Waals surface area contributed by atoms with Gasteiger partial charge >= 0.3 is 0 Å². The molecule has 4 aliphatic carbocycles. The molecule has 4 saturated carbocycles. The van der Waals surface area contributed by atoms with E-state index in [1.165, 1.54) is 57.2 Å². The van der Waals surface area contributed by atoms with Gasteiger partial charge in [0.2, 0.25) is 0 Å². The minimum absolute atomic E-state index is 0.00678. The lowest BCUT2D eigenvalue weighted by molar-refractivity contribution is -0.135. The van der Waals surface area contributed by atoms with Gasteiger partial charge in [0, 0.05) is 28.9 Å². The molecule has 5 fully saturated rings. The van der Waals surface area contributed by atoms with E-state index in [1.807, 2.05) is 0 Å². The largest absolute Gasteiger partial charge is 0.316 e. The number of rotatable bonds is 2. The highest BCUT2D eigenvalue weighted by Gasteiger charge is 2.61. The average Bonchev–Trinajstić information content (AvgIpc) is 3.25. The van der Waals surface area contributed by atoms with Gasteiger partial charge in [-0.2, -0.15) is 11.8 Å². The van der Waals surface area contributed by atoms with Gasteiger partial charge in [-0.1, -0.05) is 26.0 Å². The molecule has 5 aliphatic rings. The van der Waals surface area contributed by atoms with Crippen molar-refractivity contribution in [3.05, 3.63) is 12.2 Å². The summed E-state index contributed by atoms with van der Waals surface area (Å²) in [6.07, 6.45) is 11.1. The van der Waals surface area contributed by atoms with E-state index in [4.69, 9.17) is 0 Å². The van der Waals surface area contributed by atoms with E-state index in [1.54, 1.807) is 0 Å². The van der Waals surface area contributed by atoms with Gasteiger partial charge in [-0.25, -0.2) is 0 Å². The number of carbonyl (C=O) groups is 1. The van der Waals surface area contributed by atoms with E-state index >= 15 is 0 Å². The van der Waals surface area contributed by atoms with E-state index in [2.05, 4.69) is 37.5 Å². The molecular formula is C24H37NOS. The van der Waals surface area contributed by atoms with Crippen LogP contribution in [0.1, 0.15) is 71.6 Å². The second kappa shape index (κ2) is 6.62. The summed E-state index contributed by atoms with van der Waals surface area (Å²) in [6, 6.07) is 0. The summed E-state index contributed by atoms with van der Waals surface area (Å²) in [7, 11) is 0. The highest BCUT2D eigenvalue weighted by atomic mass is 32.2. The number of thioether (sulfide) groups is 1. The van der Waals surface area contributed by atoms with Crippen molar-refractivity contribution in [1.29, 1.82) is 0 Å². The third-order valence-corrected chi connectivity index (χ3v) is 11.3. The number of ketones is 1. The van der Waals surface area contributed by atoms with Crippen LogP contribution in [0.4, 0.5) is 0 Å².